The number of hydrogen-bond donors (Lipinski definition) is 1. The van der Waals surface area contributed by atoms with Gasteiger partial charge in [-0.2, -0.15) is 0 Å². The van der Waals surface area contributed by atoms with Crippen LogP contribution in [0.4, 0.5) is 9.59 Å². The lowest BCUT2D eigenvalue weighted by atomic mass is 10.1. The zero-order valence-corrected chi connectivity index (χ0v) is 15.8. The molecule has 0 bridgehead atoms. The Morgan fingerprint density at radius 2 is 1.88 bits per heavy atom. The van der Waals surface area contributed by atoms with Crippen LogP contribution in [0, 0.1) is 5.92 Å². The summed E-state index contributed by atoms with van der Waals surface area (Å²) in [6.07, 6.45) is -1.61. The van der Waals surface area contributed by atoms with Gasteiger partial charge in [0, 0.05) is 26.1 Å². The molecule has 0 spiro atoms. The third-order valence-electron chi connectivity index (χ3n) is 4.08. The Bertz CT molecular complexity index is 614. The summed E-state index contributed by atoms with van der Waals surface area (Å²) in [7, 11) is 1.62. The normalized spacial score (nSPS) is 20.0. The van der Waals surface area contributed by atoms with Gasteiger partial charge < -0.3 is 24.4 Å². The Kier molecular flexibility index (Phi) is 6.47. The number of ether oxygens (including phenoxy) is 2. The molecule has 2 amide bonds. The van der Waals surface area contributed by atoms with Crippen LogP contribution in [0.2, 0.25) is 0 Å². The highest BCUT2D eigenvalue weighted by molar-refractivity contribution is 5.69. The van der Waals surface area contributed by atoms with E-state index in [1.807, 2.05) is 30.3 Å². The molecule has 1 fully saturated rings. The number of hydrogen-bond acceptors (Lipinski definition) is 5. The van der Waals surface area contributed by atoms with Crippen molar-refractivity contribution < 1.29 is 24.2 Å². The Labute approximate surface area is 154 Å². The average Bonchev–Trinajstić information content (AvgIpc) is 2.93. The third kappa shape index (κ3) is 5.91. The summed E-state index contributed by atoms with van der Waals surface area (Å²) in [5, 5.41) is 10.2. The van der Waals surface area contributed by atoms with E-state index >= 15 is 0 Å². The van der Waals surface area contributed by atoms with Gasteiger partial charge in [0.05, 0.1) is 12.6 Å². The van der Waals surface area contributed by atoms with Crippen molar-refractivity contribution in [2.75, 3.05) is 26.7 Å². The largest absolute Gasteiger partial charge is 0.445 e. The number of amides is 2. The second-order valence-corrected chi connectivity index (χ2v) is 7.63. The minimum Gasteiger partial charge on any atom is -0.445 e. The molecule has 1 aromatic carbocycles. The maximum absolute atomic E-state index is 12.1. The van der Waals surface area contributed by atoms with Crippen molar-refractivity contribution in [3.05, 3.63) is 35.9 Å². The van der Waals surface area contributed by atoms with Crippen molar-refractivity contribution in [3.63, 3.8) is 0 Å². The number of nitrogens with zero attached hydrogens (tertiary/aromatic N) is 2. The van der Waals surface area contributed by atoms with Gasteiger partial charge >= 0.3 is 12.2 Å². The molecule has 7 heteroatoms. The van der Waals surface area contributed by atoms with Gasteiger partial charge in [0.1, 0.15) is 12.2 Å². The predicted molar refractivity (Wildman–Crippen MR) is 96.6 cm³/mol. The summed E-state index contributed by atoms with van der Waals surface area (Å²) < 4.78 is 10.6. The number of aliphatic hydroxyl groups excluding tert-OH is 1. The fourth-order valence-corrected chi connectivity index (χ4v) is 2.76. The molecule has 144 valence electrons. The monoisotopic (exact) mass is 364 g/mol. The van der Waals surface area contributed by atoms with E-state index < -0.39 is 23.9 Å². The lowest BCUT2D eigenvalue weighted by Gasteiger charge is -2.25. The summed E-state index contributed by atoms with van der Waals surface area (Å²) in [4.78, 5) is 27.2. The van der Waals surface area contributed by atoms with Gasteiger partial charge in [0.25, 0.3) is 0 Å². The van der Waals surface area contributed by atoms with E-state index in [1.165, 1.54) is 9.80 Å². The van der Waals surface area contributed by atoms with Crippen LogP contribution in [0.1, 0.15) is 26.3 Å². The highest BCUT2D eigenvalue weighted by Gasteiger charge is 2.37. The lowest BCUT2D eigenvalue weighted by molar-refractivity contribution is 0.0269. The van der Waals surface area contributed by atoms with Crippen molar-refractivity contribution in [2.45, 2.75) is 39.1 Å². The zero-order chi connectivity index (χ0) is 19.3. The molecule has 1 heterocycles. The maximum Gasteiger partial charge on any atom is 0.410 e. The van der Waals surface area contributed by atoms with Gasteiger partial charge in [0.15, 0.2) is 0 Å². The van der Waals surface area contributed by atoms with E-state index in [0.717, 1.165) is 5.56 Å². The van der Waals surface area contributed by atoms with Crippen molar-refractivity contribution in [1.29, 1.82) is 0 Å². The standard InChI is InChI=1S/C19H28N2O5/c1-19(2,3)26-18(24)21-11-15(16(22)12-21)10-20(4)17(23)25-13-14-8-6-5-7-9-14/h5-9,15-16,22H,10-13H2,1-4H3/t15-,16-/m1/s1. The van der Waals surface area contributed by atoms with Gasteiger partial charge in [-0.15, -0.1) is 0 Å². The zero-order valence-electron chi connectivity index (χ0n) is 15.8. The van der Waals surface area contributed by atoms with Crippen molar-refractivity contribution in [3.8, 4) is 0 Å². The first-order valence-electron chi connectivity index (χ1n) is 8.73. The SMILES string of the molecule is CN(C[C@@H]1CN(C(=O)OC(C)(C)C)C[C@H]1O)C(=O)OCc1ccccc1. The van der Waals surface area contributed by atoms with E-state index in [1.54, 1.807) is 27.8 Å². The van der Waals surface area contributed by atoms with E-state index in [4.69, 9.17) is 9.47 Å². The highest BCUT2D eigenvalue weighted by Crippen LogP contribution is 2.21. The first-order valence-corrected chi connectivity index (χ1v) is 8.73. The molecule has 0 radical (unpaired) electrons. The number of rotatable bonds is 4. The van der Waals surface area contributed by atoms with E-state index in [-0.39, 0.29) is 19.1 Å². The number of carbonyl (C=O) groups is 2. The molecule has 0 unspecified atom stereocenters. The van der Waals surface area contributed by atoms with Crippen LogP contribution in [-0.2, 0) is 16.1 Å². The quantitative estimate of drug-likeness (QED) is 0.888. The van der Waals surface area contributed by atoms with Crippen LogP contribution in [0.25, 0.3) is 0 Å². The van der Waals surface area contributed by atoms with Crippen LogP contribution < -0.4 is 0 Å². The average molecular weight is 364 g/mol. The molecule has 1 saturated heterocycles. The molecule has 26 heavy (non-hydrogen) atoms. The van der Waals surface area contributed by atoms with E-state index in [2.05, 4.69) is 0 Å². The lowest BCUT2D eigenvalue weighted by Crippen LogP contribution is -2.37. The molecule has 1 N–H and O–H groups in total. The maximum atomic E-state index is 12.1. The Morgan fingerprint density at radius 1 is 1.23 bits per heavy atom. The molecule has 0 aliphatic carbocycles. The fourth-order valence-electron chi connectivity index (χ4n) is 2.76. The first kappa shape index (κ1) is 20.0. The number of likely N-dealkylation sites (tertiary alicyclic amines) is 1. The fraction of sp³-hybridized carbons (Fsp3) is 0.579. The minimum atomic E-state index is -0.702. The summed E-state index contributed by atoms with van der Waals surface area (Å²) in [6.45, 7) is 6.43. The van der Waals surface area contributed by atoms with Crippen molar-refractivity contribution in [1.82, 2.24) is 9.80 Å². The van der Waals surface area contributed by atoms with E-state index in [9.17, 15) is 14.7 Å². The summed E-state index contributed by atoms with van der Waals surface area (Å²) >= 11 is 0. The molecule has 2 rings (SSSR count). The molecule has 7 nitrogen and oxygen atoms in total. The third-order valence-corrected chi connectivity index (χ3v) is 4.08. The van der Waals surface area contributed by atoms with Crippen LogP contribution in [0.15, 0.2) is 30.3 Å². The molecule has 1 aromatic rings. The minimum absolute atomic E-state index is 0.196. The number of aliphatic hydroxyl groups is 1. The Hall–Kier alpha value is -2.28. The molecular formula is C19H28N2O5. The summed E-state index contributed by atoms with van der Waals surface area (Å²) in [6, 6.07) is 9.43. The van der Waals surface area contributed by atoms with Crippen LogP contribution in [0.5, 0.6) is 0 Å². The Morgan fingerprint density at radius 3 is 2.50 bits per heavy atom. The summed E-state index contributed by atoms with van der Waals surface area (Å²) in [5.41, 5.74) is 0.323. The molecule has 2 atom stereocenters. The number of benzene rings is 1. The molecule has 1 aliphatic heterocycles. The molecule has 1 aliphatic rings. The summed E-state index contributed by atoms with van der Waals surface area (Å²) in [5.74, 6) is -0.239. The van der Waals surface area contributed by atoms with E-state index in [0.29, 0.717) is 13.1 Å². The predicted octanol–water partition coefficient (Wildman–Crippen LogP) is 2.48. The second kappa shape index (κ2) is 8.40. The van der Waals surface area contributed by atoms with Gasteiger partial charge in [-0.05, 0) is 26.3 Å². The highest BCUT2D eigenvalue weighted by atomic mass is 16.6. The van der Waals surface area contributed by atoms with Crippen molar-refractivity contribution in [2.24, 2.45) is 5.92 Å². The first-order chi connectivity index (χ1) is 12.2. The van der Waals surface area contributed by atoms with Crippen molar-refractivity contribution >= 4 is 12.2 Å². The Balaban J connectivity index is 1.81. The number of carbonyl (C=O) groups excluding carboxylic acids is 2. The number of β-amino-alcohol motifs (C(OH)–C–C–N with tert-alkyl or cyclic N) is 1. The molecule has 0 saturated carbocycles. The van der Waals surface area contributed by atoms with Gasteiger partial charge in [-0.1, -0.05) is 30.3 Å². The topological polar surface area (TPSA) is 79.3 Å². The molecular weight excluding hydrogens is 336 g/mol. The van der Waals surface area contributed by atoms with Gasteiger partial charge in [-0.3, -0.25) is 0 Å². The van der Waals surface area contributed by atoms with Gasteiger partial charge in [0.2, 0.25) is 0 Å². The molecule has 0 aromatic heterocycles. The van der Waals surface area contributed by atoms with Crippen LogP contribution in [-0.4, -0.2) is 65.5 Å². The van der Waals surface area contributed by atoms with Gasteiger partial charge in [-0.25, -0.2) is 9.59 Å². The van der Waals surface area contributed by atoms with Crippen LogP contribution >= 0.6 is 0 Å². The smallest absolute Gasteiger partial charge is 0.410 e. The second-order valence-electron chi connectivity index (χ2n) is 7.63. The van der Waals surface area contributed by atoms with Crippen LogP contribution in [0.3, 0.4) is 0 Å².